The molecule has 28 heavy (non-hydrogen) atoms. The molecule has 4 rings (SSSR count). The molecule has 1 N–H and O–H groups in total. The van der Waals surface area contributed by atoms with Gasteiger partial charge in [0.15, 0.2) is 6.61 Å². The van der Waals surface area contributed by atoms with E-state index in [4.69, 9.17) is 9.15 Å². The van der Waals surface area contributed by atoms with Crippen molar-refractivity contribution < 1.29 is 18.7 Å². The highest BCUT2D eigenvalue weighted by atomic mass is 16.5. The Morgan fingerprint density at radius 2 is 2.00 bits per heavy atom. The number of hydrogen-bond donors (Lipinski definition) is 1. The van der Waals surface area contributed by atoms with Crippen LogP contribution in [0.4, 0.5) is 0 Å². The highest BCUT2D eigenvalue weighted by Gasteiger charge is 2.29. The van der Waals surface area contributed by atoms with Gasteiger partial charge < -0.3 is 19.0 Å². The number of nitrogens with one attached hydrogen (secondary N) is 1. The van der Waals surface area contributed by atoms with E-state index < -0.39 is 5.97 Å². The van der Waals surface area contributed by atoms with Crippen molar-refractivity contribution in [2.75, 3.05) is 6.61 Å². The van der Waals surface area contributed by atoms with Gasteiger partial charge in [0.25, 0.3) is 5.91 Å². The normalized spacial score (nSPS) is 14.8. The molecule has 0 bridgehead atoms. The zero-order valence-corrected chi connectivity index (χ0v) is 16.3. The zero-order valence-electron chi connectivity index (χ0n) is 16.3. The number of furan rings is 1. The number of benzene rings is 1. The van der Waals surface area contributed by atoms with Crippen molar-refractivity contribution in [1.82, 2.24) is 9.88 Å². The second-order valence-corrected chi connectivity index (χ2v) is 7.44. The first kappa shape index (κ1) is 18.3. The van der Waals surface area contributed by atoms with E-state index in [2.05, 4.69) is 9.88 Å². The molecule has 1 fully saturated rings. The molecule has 3 aromatic rings. The van der Waals surface area contributed by atoms with Crippen LogP contribution in [-0.2, 0) is 9.53 Å². The average Bonchev–Trinajstić information content (AvgIpc) is 3.32. The van der Waals surface area contributed by atoms with Crippen LogP contribution in [0.5, 0.6) is 0 Å². The van der Waals surface area contributed by atoms with E-state index in [9.17, 15) is 9.59 Å². The van der Waals surface area contributed by atoms with Gasteiger partial charge in [0, 0.05) is 22.8 Å². The van der Waals surface area contributed by atoms with E-state index in [1.807, 2.05) is 57.2 Å². The monoisotopic (exact) mass is 380 g/mol. The molecule has 1 atom stereocenters. The molecule has 0 unspecified atom stereocenters. The number of rotatable bonds is 6. The summed E-state index contributed by atoms with van der Waals surface area (Å²) in [5.74, 6) is -0.169. The summed E-state index contributed by atoms with van der Waals surface area (Å²) in [7, 11) is 0. The maximum atomic E-state index is 12.4. The van der Waals surface area contributed by atoms with E-state index in [1.165, 1.54) is 0 Å². The molecule has 0 saturated heterocycles. The Balaban J connectivity index is 1.35. The summed E-state index contributed by atoms with van der Waals surface area (Å²) in [6.45, 7) is 5.42. The van der Waals surface area contributed by atoms with E-state index >= 15 is 0 Å². The number of carbonyl (C=O) groups is 2. The van der Waals surface area contributed by atoms with Gasteiger partial charge in [-0.25, -0.2) is 4.79 Å². The Labute approximate surface area is 163 Å². The van der Waals surface area contributed by atoms with Gasteiger partial charge in [-0.3, -0.25) is 4.79 Å². The Bertz CT molecular complexity index is 1010. The maximum Gasteiger partial charge on any atom is 0.340 e. The minimum absolute atomic E-state index is 0.321. The third kappa shape index (κ3) is 3.54. The lowest BCUT2D eigenvalue weighted by Gasteiger charge is -2.12. The largest absolute Gasteiger partial charge is 0.459 e. The van der Waals surface area contributed by atoms with E-state index in [1.54, 1.807) is 0 Å². The van der Waals surface area contributed by atoms with Gasteiger partial charge in [-0.2, -0.15) is 0 Å². The fourth-order valence-electron chi connectivity index (χ4n) is 3.66. The first-order valence-corrected chi connectivity index (χ1v) is 9.57. The lowest BCUT2D eigenvalue weighted by Crippen LogP contribution is -2.31. The molecule has 0 aliphatic heterocycles. The Morgan fingerprint density at radius 3 is 2.71 bits per heavy atom. The molecule has 1 aromatic carbocycles. The fourth-order valence-corrected chi connectivity index (χ4v) is 3.66. The average molecular weight is 380 g/mol. The van der Waals surface area contributed by atoms with Gasteiger partial charge in [-0.15, -0.1) is 0 Å². The third-order valence-electron chi connectivity index (χ3n) is 5.20. The minimum atomic E-state index is -0.466. The van der Waals surface area contributed by atoms with Gasteiger partial charge in [0.05, 0.1) is 11.6 Å². The van der Waals surface area contributed by atoms with Crippen LogP contribution in [0.2, 0.25) is 0 Å². The van der Waals surface area contributed by atoms with Crippen molar-refractivity contribution in [3.8, 4) is 0 Å². The van der Waals surface area contributed by atoms with Crippen molar-refractivity contribution in [3.63, 3.8) is 0 Å². The highest BCUT2D eigenvalue weighted by Crippen LogP contribution is 2.38. The molecule has 0 radical (unpaired) electrons. The molecule has 2 aromatic heterocycles. The first-order valence-electron chi connectivity index (χ1n) is 9.57. The molecule has 0 spiro atoms. The molecule has 1 amide bonds. The standard InChI is InChI=1S/C22H24N2O4/c1-13-10-18(15(3)24(13)17-8-9-17)22(26)27-12-21(25)23-14(2)20-11-16-6-4-5-7-19(16)28-20/h4-7,10-11,14,17H,8-9,12H2,1-3H3,(H,23,25)/t14-/m1/s1. The number of carbonyl (C=O) groups excluding carboxylic acids is 2. The minimum Gasteiger partial charge on any atom is -0.459 e. The number of aromatic nitrogens is 1. The molecule has 1 saturated carbocycles. The predicted octanol–water partition coefficient (Wildman–Crippen LogP) is 4.22. The van der Waals surface area contributed by atoms with Crippen molar-refractivity contribution in [1.29, 1.82) is 0 Å². The molecule has 146 valence electrons. The van der Waals surface area contributed by atoms with Crippen LogP contribution in [0.1, 0.15) is 59.4 Å². The molecule has 6 nitrogen and oxygen atoms in total. The van der Waals surface area contributed by atoms with Gasteiger partial charge in [-0.1, -0.05) is 18.2 Å². The van der Waals surface area contributed by atoms with Gasteiger partial charge in [0.1, 0.15) is 11.3 Å². The number of esters is 1. The van der Waals surface area contributed by atoms with Crippen LogP contribution in [-0.4, -0.2) is 23.1 Å². The van der Waals surface area contributed by atoms with Crippen molar-refractivity contribution in [2.24, 2.45) is 0 Å². The Morgan fingerprint density at radius 1 is 1.25 bits per heavy atom. The van der Waals surface area contributed by atoms with Gasteiger partial charge in [-0.05, 0) is 51.8 Å². The van der Waals surface area contributed by atoms with Crippen LogP contribution < -0.4 is 5.32 Å². The van der Waals surface area contributed by atoms with E-state index in [0.717, 1.165) is 35.2 Å². The topological polar surface area (TPSA) is 73.5 Å². The molecule has 1 aliphatic carbocycles. The fraction of sp³-hybridized carbons (Fsp3) is 0.364. The van der Waals surface area contributed by atoms with E-state index in [0.29, 0.717) is 17.4 Å². The number of ether oxygens (including phenoxy) is 1. The number of hydrogen-bond acceptors (Lipinski definition) is 4. The van der Waals surface area contributed by atoms with E-state index in [-0.39, 0.29) is 18.6 Å². The summed E-state index contributed by atoms with van der Waals surface area (Å²) in [5, 5.41) is 3.79. The number of nitrogens with zero attached hydrogens (tertiary/aromatic N) is 1. The highest BCUT2D eigenvalue weighted by molar-refractivity contribution is 5.92. The number of aryl methyl sites for hydroxylation is 1. The Kier molecular flexibility index (Phi) is 4.71. The smallest absolute Gasteiger partial charge is 0.340 e. The second kappa shape index (κ2) is 7.19. The maximum absolute atomic E-state index is 12.4. The van der Waals surface area contributed by atoms with Crippen molar-refractivity contribution >= 4 is 22.8 Å². The van der Waals surface area contributed by atoms with Crippen LogP contribution in [0.3, 0.4) is 0 Å². The number of para-hydroxylation sites is 1. The molecular weight excluding hydrogens is 356 g/mol. The lowest BCUT2D eigenvalue weighted by atomic mass is 10.2. The summed E-state index contributed by atoms with van der Waals surface area (Å²) < 4.78 is 13.2. The number of fused-ring (bicyclic) bond motifs is 1. The molecular formula is C22H24N2O4. The van der Waals surface area contributed by atoms with Crippen LogP contribution in [0.15, 0.2) is 40.8 Å². The van der Waals surface area contributed by atoms with Crippen LogP contribution in [0, 0.1) is 13.8 Å². The van der Waals surface area contributed by atoms with Crippen molar-refractivity contribution in [3.05, 3.63) is 59.1 Å². The summed E-state index contributed by atoms with van der Waals surface area (Å²) in [4.78, 5) is 24.6. The number of amides is 1. The predicted molar refractivity (Wildman–Crippen MR) is 105 cm³/mol. The van der Waals surface area contributed by atoms with Crippen LogP contribution in [0.25, 0.3) is 11.0 Å². The summed E-state index contributed by atoms with van der Waals surface area (Å²) >= 11 is 0. The molecule has 6 heteroatoms. The summed E-state index contributed by atoms with van der Waals surface area (Å²) in [6, 6.07) is 11.6. The van der Waals surface area contributed by atoms with Crippen LogP contribution >= 0.6 is 0 Å². The van der Waals surface area contributed by atoms with Crippen molar-refractivity contribution in [2.45, 2.75) is 45.7 Å². The third-order valence-corrected chi connectivity index (χ3v) is 5.20. The summed E-state index contributed by atoms with van der Waals surface area (Å²) in [6.07, 6.45) is 2.29. The summed E-state index contributed by atoms with van der Waals surface area (Å²) in [5.41, 5.74) is 3.26. The SMILES string of the molecule is Cc1cc(C(=O)OCC(=O)N[C@H](C)c2cc3ccccc3o2)c(C)n1C1CC1. The quantitative estimate of drug-likeness (QED) is 0.650. The second-order valence-electron chi connectivity index (χ2n) is 7.44. The van der Waals surface area contributed by atoms with Gasteiger partial charge >= 0.3 is 5.97 Å². The first-order chi connectivity index (χ1) is 13.4. The van der Waals surface area contributed by atoms with Gasteiger partial charge in [0.2, 0.25) is 0 Å². The zero-order chi connectivity index (χ0) is 19.8. The lowest BCUT2D eigenvalue weighted by molar-refractivity contribution is -0.125. The molecule has 2 heterocycles. The molecule has 1 aliphatic rings. The Hall–Kier alpha value is -3.02.